The molecule has 0 saturated heterocycles. The van der Waals surface area contributed by atoms with Gasteiger partial charge in [-0.05, 0) is 26.0 Å². The van der Waals surface area contributed by atoms with E-state index in [4.69, 9.17) is 9.84 Å². The van der Waals surface area contributed by atoms with Crippen molar-refractivity contribution in [2.45, 2.75) is 32.4 Å². The molecule has 0 amide bonds. The molecule has 0 heterocycles. The number of nitrogens with one attached hydrogen (secondary N) is 1. The Bertz CT molecular complexity index is 125. The molecule has 0 bridgehead atoms. The molecule has 0 aliphatic carbocycles. The SMILES string of the molecule is COC(C)C(C)NCCSCCCO. The number of rotatable bonds is 9. The highest BCUT2D eigenvalue weighted by molar-refractivity contribution is 7.99. The van der Waals surface area contributed by atoms with Crippen molar-refractivity contribution in [2.24, 2.45) is 0 Å². The number of hydrogen-bond acceptors (Lipinski definition) is 4. The Morgan fingerprint density at radius 1 is 1.36 bits per heavy atom. The normalized spacial score (nSPS) is 15.4. The number of methoxy groups -OCH3 is 1. The minimum Gasteiger partial charge on any atom is -0.396 e. The molecule has 0 saturated carbocycles. The summed E-state index contributed by atoms with van der Waals surface area (Å²) < 4.78 is 5.21. The number of hydrogen-bond donors (Lipinski definition) is 2. The third-order valence-corrected chi connectivity index (χ3v) is 3.31. The van der Waals surface area contributed by atoms with E-state index in [1.807, 2.05) is 11.8 Å². The molecule has 0 aromatic carbocycles. The molecule has 0 aromatic rings. The highest BCUT2D eigenvalue weighted by atomic mass is 32.2. The summed E-state index contributed by atoms with van der Waals surface area (Å²) in [7, 11) is 1.73. The number of aliphatic hydroxyl groups is 1. The van der Waals surface area contributed by atoms with Gasteiger partial charge in [-0.1, -0.05) is 0 Å². The first-order valence-electron chi connectivity index (χ1n) is 5.17. The van der Waals surface area contributed by atoms with Crippen LogP contribution >= 0.6 is 11.8 Å². The quantitative estimate of drug-likeness (QED) is 0.572. The first-order valence-corrected chi connectivity index (χ1v) is 6.32. The first kappa shape index (κ1) is 14.2. The summed E-state index contributed by atoms with van der Waals surface area (Å²) in [5.41, 5.74) is 0. The van der Waals surface area contributed by atoms with Crippen LogP contribution in [0, 0.1) is 0 Å². The average molecular weight is 221 g/mol. The van der Waals surface area contributed by atoms with Crippen molar-refractivity contribution < 1.29 is 9.84 Å². The minimum absolute atomic E-state index is 0.262. The second kappa shape index (κ2) is 9.77. The number of aliphatic hydroxyl groups excluding tert-OH is 1. The van der Waals surface area contributed by atoms with Gasteiger partial charge in [0.05, 0.1) is 6.10 Å². The zero-order valence-corrected chi connectivity index (χ0v) is 10.3. The second-order valence-electron chi connectivity index (χ2n) is 3.37. The van der Waals surface area contributed by atoms with E-state index < -0.39 is 0 Å². The van der Waals surface area contributed by atoms with E-state index in [1.54, 1.807) is 7.11 Å². The lowest BCUT2D eigenvalue weighted by Gasteiger charge is -2.19. The number of ether oxygens (including phenoxy) is 1. The monoisotopic (exact) mass is 221 g/mol. The van der Waals surface area contributed by atoms with Crippen molar-refractivity contribution in [1.82, 2.24) is 5.32 Å². The Morgan fingerprint density at radius 3 is 2.64 bits per heavy atom. The van der Waals surface area contributed by atoms with E-state index >= 15 is 0 Å². The van der Waals surface area contributed by atoms with Crippen LogP contribution in [0.4, 0.5) is 0 Å². The molecule has 0 aromatic heterocycles. The summed E-state index contributed by atoms with van der Waals surface area (Å²) in [6.07, 6.45) is 1.16. The maximum Gasteiger partial charge on any atom is 0.0693 e. The van der Waals surface area contributed by atoms with Gasteiger partial charge in [0.25, 0.3) is 0 Å². The lowest BCUT2D eigenvalue weighted by atomic mass is 10.2. The van der Waals surface area contributed by atoms with Crippen LogP contribution in [-0.2, 0) is 4.74 Å². The summed E-state index contributed by atoms with van der Waals surface area (Å²) in [6, 6.07) is 0.401. The molecule has 86 valence electrons. The molecule has 4 heteroatoms. The van der Waals surface area contributed by atoms with E-state index in [0.29, 0.717) is 12.6 Å². The molecule has 0 spiro atoms. The van der Waals surface area contributed by atoms with Crippen molar-refractivity contribution in [3.05, 3.63) is 0 Å². The molecular formula is C10H23NO2S. The second-order valence-corrected chi connectivity index (χ2v) is 4.60. The van der Waals surface area contributed by atoms with Crippen molar-refractivity contribution in [2.75, 3.05) is 31.8 Å². The maximum atomic E-state index is 8.57. The fraction of sp³-hybridized carbons (Fsp3) is 1.00. The van der Waals surface area contributed by atoms with Crippen molar-refractivity contribution >= 4 is 11.8 Å². The van der Waals surface area contributed by atoms with Gasteiger partial charge in [-0.3, -0.25) is 0 Å². The van der Waals surface area contributed by atoms with Gasteiger partial charge in [-0.15, -0.1) is 0 Å². The van der Waals surface area contributed by atoms with Crippen molar-refractivity contribution in [1.29, 1.82) is 0 Å². The smallest absolute Gasteiger partial charge is 0.0693 e. The van der Waals surface area contributed by atoms with Gasteiger partial charge in [0, 0.05) is 32.1 Å². The molecular weight excluding hydrogens is 198 g/mol. The average Bonchev–Trinajstić information content (AvgIpc) is 2.21. The van der Waals surface area contributed by atoms with E-state index in [0.717, 1.165) is 24.5 Å². The predicted octanol–water partition coefficient (Wildman–Crippen LogP) is 1.11. The third-order valence-electron chi connectivity index (χ3n) is 2.24. The van der Waals surface area contributed by atoms with Crippen LogP contribution < -0.4 is 5.32 Å². The molecule has 2 unspecified atom stereocenters. The summed E-state index contributed by atoms with van der Waals surface area (Å²) >= 11 is 1.88. The Kier molecular flexibility index (Phi) is 9.93. The van der Waals surface area contributed by atoms with Gasteiger partial charge < -0.3 is 15.2 Å². The Morgan fingerprint density at radius 2 is 2.07 bits per heavy atom. The van der Waals surface area contributed by atoms with Crippen LogP contribution in [0.2, 0.25) is 0 Å². The molecule has 0 fully saturated rings. The van der Waals surface area contributed by atoms with E-state index in [9.17, 15) is 0 Å². The zero-order valence-electron chi connectivity index (χ0n) is 9.45. The molecule has 0 aliphatic rings. The lowest BCUT2D eigenvalue weighted by Crippen LogP contribution is -2.37. The molecule has 2 N–H and O–H groups in total. The largest absolute Gasteiger partial charge is 0.396 e. The van der Waals surface area contributed by atoms with Crippen molar-refractivity contribution in [3.63, 3.8) is 0 Å². The molecule has 0 rings (SSSR count). The van der Waals surface area contributed by atoms with Crippen LogP contribution in [0.3, 0.4) is 0 Å². The van der Waals surface area contributed by atoms with Crippen LogP contribution in [-0.4, -0.2) is 49.0 Å². The van der Waals surface area contributed by atoms with Crippen LogP contribution in [0.25, 0.3) is 0 Å². The lowest BCUT2D eigenvalue weighted by molar-refractivity contribution is 0.0895. The van der Waals surface area contributed by atoms with E-state index in [2.05, 4.69) is 19.2 Å². The summed E-state index contributed by atoms with van der Waals surface area (Å²) in [5.74, 6) is 2.15. The van der Waals surface area contributed by atoms with Gasteiger partial charge in [0.2, 0.25) is 0 Å². The topological polar surface area (TPSA) is 41.5 Å². The standard InChI is InChI=1S/C10H23NO2S/c1-9(10(2)13-3)11-5-8-14-7-4-6-12/h9-12H,4-8H2,1-3H3. The molecule has 3 nitrogen and oxygen atoms in total. The summed E-state index contributed by atoms with van der Waals surface area (Å²) in [4.78, 5) is 0. The van der Waals surface area contributed by atoms with Crippen LogP contribution in [0.5, 0.6) is 0 Å². The Labute approximate surface area is 91.6 Å². The first-order chi connectivity index (χ1) is 6.72. The van der Waals surface area contributed by atoms with Crippen LogP contribution in [0.1, 0.15) is 20.3 Å². The molecule has 14 heavy (non-hydrogen) atoms. The van der Waals surface area contributed by atoms with Gasteiger partial charge >= 0.3 is 0 Å². The fourth-order valence-corrected chi connectivity index (χ4v) is 1.80. The zero-order chi connectivity index (χ0) is 10.8. The molecule has 0 radical (unpaired) electrons. The Hall–Kier alpha value is 0.230. The van der Waals surface area contributed by atoms with Crippen molar-refractivity contribution in [3.8, 4) is 0 Å². The highest BCUT2D eigenvalue weighted by Gasteiger charge is 2.08. The fourth-order valence-electron chi connectivity index (χ4n) is 0.998. The van der Waals surface area contributed by atoms with Gasteiger partial charge in [-0.25, -0.2) is 0 Å². The third kappa shape index (κ3) is 7.62. The van der Waals surface area contributed by atoms with Gasteiger partial charge in [-0.2, -0.15) is 11.8 Å². The van der Waals surface area contributed by atoms with E-state index in [-0.39, 0.29) is 6.10 Å². The summed E-state index contributed by atoms with van der Waals surface area (Å²) in [5, 5.41) is 12.0. The van der Waals surface area contributed by atoms with Gasteiger partial charge in [0.1, 0.15) is 0 Å². The van der Waals surface area contributed by atoms with Crippen LogP contribution in [0.15, 0.2) is 0 Å². The Balaban J connectivity index is 3.18. The van der Waals surface area contributed by atoms with Gasteiger partial charge in [0.15, 0.2) is 0 Å². The molecule has 2 atom stereocenters. The predicted molar refractivity (Wildman–Crippen MR) is 63.0 cm³/mol. The molecule has 0 aliphatic heterocycles. The number of thioether (sulfide) groups is 1. The maximum absolute atomic E-state index is 8.57. The van der Waals surface area contributed by atoms with E-state index in [1.165, 1.54) is 0 Å². The minimum atomic E-state index is 0.262. The highest BCUT2D eigenvalue weighted by Crippen LogP contribution is 2.01. The summed E-state index contributed by atoms with van der Waals surface area (Å²) in [6.45, 7) is 5.51.